The molecule has 5 nitrogen and oxygen atoms in total. The molecule has 1 aromatic rings. The summed E-state index contributed by atoms with van der Waals surface area (Å²) in [5.74, 6) is -1.02. The third-order valence-electron chi connectivity index (χ3n) is 1.66. The molecule has 0 aromatic heterocycles. The van der Waals surface area contributed by atoms with Crippen LogP contribution >= 0.6 is 0 Å². The number of nitrogens with one attached hydrogen (secondary N) is 1. The minimum Gasteiger partial charge on any atom is -0.387 e. The number of nitro groups is 1. The second-order valence-corrected chi connectivity index (χ2v) is 2.70. The second-order valence-electron chi connectivity index (χ2n) is 2.70. The average molecular weight is 197 g/mol. The van der Waals surface area contributed by atoms with E-state index in [4.69, 9.17) is 11.1 Å². The van der Waals surface area contributed by atoms with Crippen molar-refractivity contribution in [2.24, 2.45) is 5.73 Å². The van der Waals surface area contributed by atoms with Crippen molar-refractivity contribution in [1.82, 2.24) is 0 Å². The Hall–Kier alpha value is -1.98. The topological polar surface area (TPSA) is 93.0 Å². The van der Waals surface area contributed by atoms with E-state index in [0.29, 0.717) is 0 Å². The highest BCUT2D eigenvalue weighted by atomic mass is 19.1. The van der Waals surface area contributed by atoms with Gasteiger partial charge in [-0.3, -0.25) is 15.5 Å². The van der Waals surface area contributed by atoms with Gasteiger partial charge in [-0.15, -0.1) is 0 Å². The normalized spacial score (nSPS) is 9.79. The number of amidine groups is 1. The highest BCUT2D eigenvalue weighted by Crippen LogP contribution is 2.21. The summed E-state index contributed by atoms with van der Waals surface area (Å²) in [5.41, 5.74) is 4.56. The first-order valence-electron chi connectivity index (χ1n) is 3.77. The molecule has 0 fully saturated rings. The van der Waals surface area contributed by atoms with Crippen LogP contribution in [0.5, 0.6) is 0 Å². The predicted octanol–water partition coefficient (Wildman–Crippen LogP) is 1.21. The molecular weight excluding hydrogens is 189 g/mol. The molecule has 0 spiro atoms. The number of nitrogens with two attached hydrogens (primary N) is 1. The smallest absolute Gasteiger partial charge is 0.275 e. The van der Waals surface area contributed by atoms with E-state index in [1.54, 1.807) is 0 Å². The molecule has 0 saturated heterocycles. The summed E-state index contributed by atoms with van der Waals surface area (Å²) in [5, 5.41) is 17.4. The fourth-order valence-corrected chi connectivity index (χ4v) is 1.08. The van der Waals surface area contributed by atoms with Crippen LogP contribution in [0.15, 0.2) is 18.2 Å². The molecule has 0 bridgehead atoms. The summed E-state index contributed by atoms with van der Waals surface area (Å²) in [6.07, 6.45) is -0.247. The maximum absolute atomic E-state index is 13.1. The van der Waals surface area contributed by atoms with E-state index in [9.17, 15) is 14.5 Å². The van der Waals surface area contributed by atoms with Gasteiger partial charge in [-0.05, 0) is 6.07 Å². The Balaban J connectivity index is 3.22. The minimum atomic E-state index is -0.714. The molecule has 6 heteroatoms. The van der Waals surface area contributed by atoms with Crippen molar-refractivity contribution < 1.29 is 9.31 Å². The fraction of sp³-hybridized carbons (Fsp3) is 0.125. The predicted molar refractivity (Wildman–Crippen MR) is 48.7 cm³/mol. The van der Waals surface area contributed by atoms with Crippen molar-refractivity contribution >= 4 is 11.5 Å². The molecule has 0 atom stereocenters. The van der Waals surface area contributed by atoms with Gasteiger partial charge in [-0.25, -0.2) is 4.39 Å². The zero-order valence-electron chi connectivity index (χ0n) is 7.16. The molecule has 0 radical (unpaired) electrons. The number of hydrogen-bond acceptors (Lipinski definition) is 3. The van der Waals surface area contributed by atoms with E-state index in [2.05, 4.69) is 0 Å². The lowest BCUT2D eigenvalue weighted by Crippen LogP contribution is -2.15. The van der Waals surface area contributed by atoms with Gasteiger partial charge in [-0.1, -0.05) is 6.07 Å². The molecule has 0 unspecified atom stereocenters. The highest BCUT2D eigenvalue weighted by molar-refractivity contribution is 5.80. The van der Waals surface area contributed by atoms with Gasteiger partial charge in [-0.2, -0.15) is 0 Å². The molecule has 74 valence electrons. The molecule has 14 heavy (non-hydrogen) atoms. The Morgan fingerprint density at radius 2 is 2.29 bits per heavy atom. The Morgan fingerprint density at radius 1 is 1.64 bits per heavy atom. The lowest BCUT2D eigenvalue weighted by Gasteiger charge is -2.02. The zero-order valence-corrected chi connectivity index (χ0v) is 7.16. The summed E-state index contributed by atoms with van der Waals surface area (Å²) in [4.78, 5) is 9.79. The Morgan fingerprint density at radius 3 is 2.79 bits per heavy atom. The third-order valence-corrected chi connectivity index (χ3v) is 1.66. The first kappa shape index (κ1) is 10.1. The number of halogens is 1. The van der Waals surface area contributed by atoms with Crippen LogP contribution in [-0.4, -0.2) is 10.8 Å². The maximum atomic E-state index is 13.1. The number of rotatable bonds is 3. The summed E-state index contributed by atoms with van der Waals surface area (Å²) in [7, 11) is 0. The Bertz CT molecular complexity index is 392. The average Bonchev–Trinajstić information content (AvgIpc) is 2.07. The minimum absolute atomic E-state index is 0.148. The van der Waals surface area contributed by atoms with E-state index in [-0.39, 0.29) is 23.5 Å². The van der Waals surface area contributed by atoms with Crippen LogP contribution in [0.3, 0.4) is 0 Å². The van der Waals surface area contributed by atoms with Crippen molar-refractivity contribution in [2.75, 3.05) is 0 Å². The van der Waals surface area contributed by atoms with Crippen LogP contribution in [0.2, 0.25) is 0 Å². The molecule has 0 aliphatic carbocycles. The number of nitro benzene ring substituents is 1. The van der Waals surface area contributed by atoms with Crippen molar-refractivity contribution in [3.63, 3.8) is 0 Å². The van der Waals surface area contributed by atoms with Crippen molar-refractivity contribution in [3.8, 4) is 0 Å². The molecule has 0 aliphatic rings. The van der Waals surface area contributed by atoms with Gasteiger partial charge in [0, 0.05) is 12.5 Å². The monoisotopic (exact) mass is 197 g/mol. The first-order valence-corrected chi connectivity index (χ1v) is 3.77. The molecule has 1 aromatic carbocycles. The number of benzene rings is 1. The van der Waals surface area contributed by atoms with Crippen molar-refractivity contribution in [1.29, 1.82) is 5.41 Å². The molecule has 0 aliphatic heterocycles. The SMILES string of the molecule is N=C(N)Cc1c(F)cccc1[N+](=O)[O-]. The largest absolute Gasteiger partial charge is 0.387 e. The molecule has 3 N–H and O–H groups in total. The van der Waals surface area contributed by atoms with Gasteiger partial charge in [0.15, 0.2) is 0 Å². The van der Waals surface area contributed by atoms with E-state index < -0.39 is 10.7 Å². The van der Waals surface area contributed by atoms with E-state index in [0.717, 1.165) is 6.07 Å². The van der Waals surface area contributed by atoms with Gasteiger partial charge < -0.3 is 5.73 Å². The lowest BCUT2D eigenvalue weighted by molar-refractivity contribution is -0.385. The van der Waals surface area contributed by atoms with Gasteiger partial charge in [0.2, 0.25) is 0 Å². The van der Waals surface area contributed by atoms with Crippen molar-refractivity contribution in [3.05, 3.63) is 39.7 Å². The molecule has 1 rings (SSSR count). The summed E-state index contributed by atoms with van der Waals surface area (Å²) in [6.45, 7) is 0. The Kier molecular flexibility index (Phi) is 2.76. The number of hydrogen-bond donors (Lipinski definition) is 2. The van der Waals surface area contributed by atoms with E-state index >= 15 is 0 Å². The van der Waals surface area contributed by atoms with Crippen LogP contribution in [0.1, 0.15) is 5.56 Å². The van der Waals surface area contributed by atoms with E-state index in [1.807, 2.05) is 0 Å². The maximum Gasteiger partial charge on any atom is 0.275 e. The zero-order chi connectivity index (χ0) is 10.7. The van der Waals surface area contributed by atoms with Crippen LogP contribution in [0.4, 0.5) is 10.1 Å². The van der Waals surface area contributed by atoms with E-state index in [1.165, 1.54) is 12.1 Å². The lowest BCUT2D eigenvalue weighted by atomic mass is 10.1. The van der Waals surface area contributed by atoms with Gasteiger partial charge >= 0.3 is 0 Å². The Labute approximate surface area is 79.0 Å². The number of nitrogens with zero attached hydrogens (tertiary/aromatic N) is 1. The molecule has 0 amide bonds. The summed E-state index contributed by atoms with van der Waals surface area (Å²) < 4.78 is 13.1. The molecular formula is C8H8FN3O2. The molecule has 0 heterocycles. The van der Waals surface area contributed by atoms with Crippen LogP contribution in [0.25, 0.3) is 0 Å². The van der Waals surface area contributed by atoms with Crippen LogP contribution in [0, 0.1) is 21.3 Å². The highest BCUT2D eigenvalue weighted by Gasteiger charge is 2.17. The first-order chi connectivity index (χ1) is 6.52. The quantitative estimate of drug-likeness (QED) is 0.330. The van der Waals surface area contributed by atoms with Gasteiger partial charge in [0.05, 0.1) is 16.3 Å². The van der Waals surface area contributed by atoms with Crippen LogP contribution in [-0.2, 0) is 6.42 Å². The van der Waals surface area contributed by atoms with Crippen LogP contribution < -0.4 is 5.73 Å². The summed E-state index contributed by atoms with van der Waals surface area (Å²) in [6, 6.07) is 3.53. The van der Waals surface area contributed by atoms with Gasteiger partial charge in [0.1, 0.15) is 5.82 Å². The summed E-state index contributed by atoms with van der Waals surface area (Å²) >= 11 is 0. The standard InChI is InChI=1S/C8H8FN3O2/c9-6-2-1-3-7(12(13)14)5(6)4-8(10)11/h1-3H,4H2,(H3,10,11). The third kappa shape index (κ3) is 2.03. The van der Waals surface area contributed by atoms with Gasteiger partial charge in [0.25, 0.3) is 5.69 Å². The fourth-order valence-electron chi connectivity index (χ4n) is 1.08. The molecule has 0 saturated carbocycles. The second kappa shape index (κ2) is 3.82. The van der Waals surface area contributed by atoms with Crippen molar-refractivity contribution in [2.45, 2.75) is 6.42 Å².